The first-order valence-electron chi connectivity index (χ1n) is 9.75. The molecule has 2 rings (SSSR count). The van der Waals surface area contributed by atoms with Crippen molar-refractivity contribution in [2.75, 3.05) is 19.0 Å². The number of methoxy groups -OCH3 is 1. The van der Waals surface area contributed by atoms with Gasteiger partial charge in [-0.2, -0.15) is 0 Å². The molecule has 3 atom stereocenters. The molecule has 0 aromatic heterocycles. The van der Waals surface area contributed by atoms with Crippen LogP contribution in [0.3, 0.4) is 0 Å². The Bertz CT molecular complexity index is 883. The van der Waals surface area contributed by atoms with Crippen LogP contribution in [0.5, 0.6) is 0 Å². The maximum atomic E-state index is 13.0. The number of anilines is 1. The maximum Gasteiger partial charge on any atom is 0.240 e. The largest absolute Gasteiger partial charge is 0.383 e. The van der Waals surface area contributed by atoms with Crippen molar-refractivity contribution in [3.05, 3.63) is 60.2 Å². The van der Waals surface area contributed by atoms with Gasteiger partial charge in [-0.3, -0.25) is 4.79 Å². The van der Waals surface area contributed by atoms with E-state index < -0.39 is 10.0 Å². The van der Waals surface area contributed by atoms with Crippen molar-refractivity contribution >= 4 is 21.6 Å². The number of rotatable bonds is 10. The van der Waals surface area contributed by atoms with Crippen LogP contribution in [0.1, 0.15) is 38.7 Å². The first-order chi connectivity index (χ1) is 13.8. The van der Waals surface area contributed by atoms with Crippen molar-refractivity contribution in [3.63, 3.8) is 0 Å². The van der Waals surface area contributed by atoms with Crippen molar-refractivity contribution in [1.82, 2.24) is 4.72 Å². The van der Waals surface area contributed by atoms with Crippen molar-refractivity contribution in [1.29, 1.82) is 0 Å². The highest BCUT2D eigenvalue weighted by atomic mass is 32.2. The Kier molecular flexibility index (Phi) is 8.37. The van der Waals surface area contributed by atoms with Gasteiger partial charge in [-0.25, -0.2) is 13.1 Å². The summed E-state index contributed by atoms with van der Waals surface area (Å²) in [5.74, 6) is -0.210. The van der Waals surface area contributed by atoms with E-state index >= 15 is 0 Å². The summed E-state index contributed by atoms with van der Waals surface area (Å²) in [6.45, 7) is 6.13. The minimum atomic E-state index is -3.65. The third-order valence-electron chi connectivity index (χ3n) is 4.86. The average Bonchev–Trinajstić information content (AvgIpc) is 2.69. The molecule has 29 heavy (non-hydrogen) atoms. The molecule has 2 aromatic carbocycles. The summed E-state index contributed by atoms with van der Waals surface area (Å²) in [5.41, 5.74) is 1.53. The van der Waals surface area contributed by atoms with E-state index in [0.717, 1.165) is 12.0 Å². The van der Waals surface area contributed by atoms with Gasteiger partial charge in [0.15, 0.2) is 0 Å². The minimum Gasteiger partial charge on any atom is -0.383 e. The summed E-state index contributed by atoms with van der Waals surface area (Å²) < 4.78 is 32.4. The van der Waals surface area contributed by atoms with E-state index in [2.05, 4.69) is 23.9 Å². The number of hydrogen-bond donors (Lipinski definition) is 2. The lowest BCUT2D eigenvalue weighted by molar-refractivity contribution is -0.118. The molecule has 0 aliphatic heterocycles. The summed E-state index contributed by atoms with van der Waals surface area (Å²) in [7, 11) is -2.13. The molecule has 0 aliphatic rings. The van der Waals surface area contributed by atoms with Crippen LogP contribution in [0.15, 0.2) is 59.5 Å². The molecule has 2 aromatic rings. The van der Waals surface area contributed by atoms with Crippen LogP contribution >= 0.6 is 0 Å². The number of nitrogens with one attached hydrogen (secondary N) is 2. The van der Waals surface area contributed by atoms with Gasteiger partial charge in [-0.15, -0.1) is 0 Å². The van der Waals surface area contributed by atoms with Crippen LogP contribution in [-0.2, 0) is 19.6 Å². The lowest BCUT2D eigenvalue weighted by Crippen LogP contribution is -2.35. The Hall–Kier alpha value is -2.22. The van der Waals surface area contributed by atoms with Crippen LogP contribution < -0.4 is 10.0 Å². The Morgan fingerprint density at radius 2 is 1.66 bits per heavy atom. The molecule has 6 nitrogen and oxygen atoms in total. The minimum absolute atomic E-state index is 0.104. The summed E-state index contributed by atoms with van der Waals surface area (Å²) >= 11 is 0. The molecule has 0 heterocycles. The highest BCUT2D eigenvalue weighted by Crippen LogP contribution is 2.28. The summed E-state index contributed by atoms with van der Waals surface area (Å²) in [5, 5.41) is 2.92. The zero-order valence-electron chi connectivity index (χ0n) is 17.4. The lowest BCUT2D eigenvalue weighted by Gasteiger charge is -2.23. The second-order valence-electron chi connectivity index (χ2n) is 7.27. The molecule has 1 amide bonds. The SMILES string of the molecule is CCC(C)C(C(=O)Nc1ccc(S(=O)(=O)NC(C)COC)cc1)c1ccccc1. The van der Waals surface area contributed by atoms with Crippen molar-refractivity contribution in [3.8, 4) is 0 Å². The zero-order chi connectivity index (χ0) is 21.4. The number of carbonyl (C=O) groups excluding carboxylic acids is 1. The fourth-order valence-electron chi connectivity index (χ4n) is 3.19. The molecule has 0 radical (unpaired) electrons. The third kappa shape index (κ3) is 6.39. The van der Waals surface area contributed by atoms with Gasteiger partial charge in [0.05, 0.1) is 17.4 Å². The summed E-state index contributed by atoms with van der Waals surface area (Å²) in [4.78, 5) is 13.1. The Labute approximate surface area is 173 Å². The van der Waals surface area contributed by atoms with Gasteiger partial charge in [0.2, 0.25) is 15.9 Å². The molecule has 0 saturated heterocycles. The van der Waals surface area contributed by atoms with E-state index in [9.17, 15) is 13.2 Å². The molecule has 158 valence electrons. The number of amides is 1. The molecule has 0 saturated carbocycles. The highest BCUT2D eigenvalue weighted by molar-refractivity contribution is 7.89. The molecular formula is C22H30N2O4S. The highest BCUT2D eigenvalue weighted by Gasteiger charge is 2.26. The van der Waals surface area contributed by atoms with E-state index in [1.165, 1.54) is 19.2 Å². The summed E-state index contributed by atoms with van der Waals surface area (Å²) in [6.07, 6.45) is 0.871. The Balaban J connectivity index is 2.14. The standard InChI is InChI=1S/C22H30N2O4S/c1-5-16(2)21(18-9-7-6-8-10-18)22(25)23-19-11-13-20(14-12-19)29(26,27)24-17(3)15-28-4/h6-14,16-17,21,24H,5,15H2,1-4H3,(H,23,25). The van der Waals surface area contributed by atoms with Crippen LogP contribution in [0.25, 0.3) is 0 Å². The molecule has 0 bridgehead atoms. The summed E-state index contributed by atoms with van der Waals surface area (Å²) in [6, 6.07) is 15.5. The topological polar surface area (TPSA) is 84.5 Å². The average molecular weight is 419 g/mol. The van der Waals surface area contributed by atoms with E-state index in [4.69, 9.17) is 4.74 Å². The van der Waals surface area contributed by atoms with Crippen molar-refractivity contribution < 1.29 is 17.9 Å². The van der Waals surface area contributed by atoms with Gasteiger partial charge in [-0.1, -0.05) is 50.6 Å². The van der Waals surface area contributed by atoms with Gasteiger partial charge in [-0.05, 0) is 42.7 Å². The number of benzene rings is 2. The van der Waals surface area contributed by atoms with E-state index in [1.807, 2.05) is 30.3 Å². The molecule has 2 N–H and O–H groups in total. The van der Waals surface area contributed by atoms with Crippen LogP contribution in [-0.4, -0.2) is 34.1 Å². The molecular weight excluding hydrogens is 388 g/mol. The van der Waals surface area contributed by atoms with Gasteiger partial charge >= 0.3 is 0 Å². The van der Waals surface area contributed by atoms with Gasteiger partial charge in [0, 0.05) is 18.8 Å². The lowest BCUT2D eigenvalue weighted by atomic mass is 9.85. The number of hydrogen-bond acceptors (Lipinski definition) is 4. The van der Waals surface area contributed by atoms with Crippen molar-refractivity contribution in [2.45, 2.75) is 44.0 Å². The number of carbonyl (C=O) groups is 1. The molecule has 0 aliphatic carbocycles. The smallest absolute Gasteiger partial charge is 0.240 e. The fourth-order valence-corrected chi connectivity index (χ4v) is 4.42. The number of sulfonamides is 1. The predicted octanol–water partition coefficient (Wildman–Crippen LogP) is 3.77. The zero-order valence-corrected chi connectivity index (χ0v) is 18.2. The monoisotopic (exact) mass is 418 g/mol. The third-order valence-corrected chi connectivity index (χ3v) is 6.46. The normalized spacial score (nSPS) is 14.8. The Morgan fingerprint density at radius 3 is 2.21 bits per heavy atom. The number of ether oxygens (including phenoxy) is 1. The fraction of sp³-hybridized carbons (Fsp3) is 0.409. The predicted molar refractivity (Wildman–Crippen MR) is 115 cm³/mol. The quantitative estimate of drug-likeness (QED) is 0.615. The van der Waals surface area contributed by atoms with E-state index in [0.29, 0.717) is 5.69 Å². The Morgan fingerprint density at radius 1 is 1.03 bits per heavy atom. The molecule has 0 fully saturated rings. The molecule has 3 unspecified atom stereocenters. The van der Waals surface area contributed by atoms with Crippen molar-refractivity contribution in [2.24, 2.45) is 5.92 Å². The van der Waals surface area contributed by atoms with E-state index in [-0.39, 0.29) is 35.3 Å². The van der Waals surface area contributed by atoms with Crippen LogP contribution in [0.4, 0.5) is 5.69 Å². The van der Waals surface area contributed by atoms with Crippen LogP contribution in [0, 0.1) is 5.92 Å². The second kappa shape index (κ2) is 10.5. The van der Waals surface area contributed by atoms with Gasteiger partial charge in [0.1, 0.15) is 0 Å². The maximum absolute atomic E-state index is 13.0. The van der Waals surface area contributed by atoms with Gasteiger partial charge < -0.3 is 10.1 Å². The van der Waals surface area contributed by atoms with E-state index in [1.54, 1.807) is 19.1 Å². The molecule has 0 spiro atoms. The first kappa shape index (κ1) is 23.1. The molecule has 7 heteroatoms. The van der Waals surface area contributed by atoms with Gasteiger partial charge in [0.25, 0.3) is 0 Å². The first-order valence-corrected chi connectivity index (χ1v) is 11.2. The second-order valence-corrected chi connectivity index (χ2v) is 8.98. The van der Waals surface area contributed by atoms with Crippen LogP contribution in [0.2, 0.25) is 0 Å².